The van der Waals surface area contributed by atoms with Crippen LogP contribution in [-0.4, -0.2) is 19.0 Å². The van der Waals surface area contributed by atoms with Crippen molar-refractivity contribution in [3.63, 3.8) is 0 Å². The van der Waals surface area contributed by atoms with E-state index in [1.54, 1.807) is 0 Å². The minimum absolute atomic E-state index is 0.0542. The summed E-state index contributed by atoms with van der Waals surface area (Å²) >= 11 is 0. The summed E-state index contributed by atoms with van der Waals surface area (Å²) in [5.41, 5.74) is 0. The van der Waals surface area contributed by atoms with Crippen LogP contribution in [0.3, 0.4) is 0 Å². The molecule has 1 rings (SSSR count). The molecule has 0 amide bonds. The standard InChI is InChI=1S/C13H22O2/c1-3-5-6-9-12(4-2)15-13-10-7-8-11-14-13/h2,12-13H,3,5-11H2,1H3/t12?,13-/m0/s1. The molecule has 0 aromatic carbocycles. The molecule has 86 valence electrons. The monoisotopic (exact) mass is 210 g/mol. The van der Waals surface area contributed by atoms with E-state index in [0.29, 0.717) is 0 Å². The van der Waals surface area contributed by atoms with Gasteiger partial charge in [0.2, 0.25) is 0 Å². The number of rotatable bonds is 6. The van der Waals surface area contributed by atoms with Gasteiger partial charge in [-0.3, -0.25) is 0 Å². The Bertz CT molecular complexity index is 189. The van der Waals surface area contributed by atoms with Crippen LogP contribution in [0.4, 0.5) is 0 Å². The highest BCUT2D eigenvalue weighted by molar-refractivity contribution is 4.94. The second-order valence-corrected chi connectivity index (χ2v) is 4.08. The zero-order valence-electron chi connectivity index (χ0n) is 9.71. The second-order valence-electron chi connectivity index (χ2n) is 4.08. The topological polar surface area (TPSA) is 18.5 Å². The number of ether oxygens (including phenoxy) is 2. The molecular formula is C13H22O2. The first-order chi connectivity index (χ1) is 7.36. The fraction of sp³-hybridized carbons (Fsp3) is 0.846. The normalized spacial score (nSPS) is 23.3. The van der Waals surface area contributed by atoms with Gasteiger partial charge in [-0.1, -0.05) is 25.7 Å². The van der Waals surface area contributed by atoms with Crippen molar-refractivity contribution >= 4 is 0 Å². The van der Waals surface area contributed by atoms with Gasteiger partial charge in [0.05, 0.1) is 0 Å². The van der Waals surface area contributed by atoms with Gasteiger partial charge in [-0.15, -0.1) is 6.42 Å². The number of terminal acetylenes is 1. The highest BCUT2D eigenvalue weighted by Gasteiger charge is 2.17. The first-order valence-electron chi connectivity index (χ1n) is 6.10. The molecule has 15 heavy (non-hydrogen) atoms. The number of hydrogen-bond donors (Lipinski definition) is 0. The molecule has 1 heterocycles. The molecule has 1 aliphatic rings. The molecule has 0 aromatic heterocycles. The minimum atomic E-state index is -0.0559. The SMILES string of the molecule is C#CC(CCCCC)O[C@H]1CCCCO1. The fourth-order valence-corrected chi connectivity index (χ4v) is 1.77. The molecule has 0 saturated carbocycles. The minimum Gasteiger partial charge on any atom is -0.353 e. The molecule has 1 aliphatic heterocycles. The molecule has 1 unspecified atom stereocenters. The largest absolute Gasteiger partial charge is 0.353 e. The second kappa shape index (κ2) is 7.73. The van der Waals surface area contributed by atoms with Gasteiger partial charge in [-0.2, -0.15) is 0 Å². The predicted molar refractivity (Wildman–Crippen MR) is 61.4 cm³/mol. The Morgan fingerprint density at radius 2 is 2.33 bits per heavy atom. The predicted octanol–water partition coefficient (Wildman–Crippen LogP) is 3.11. The lowest BCUT2D eigenvalue weighted by Crippen LogP contribution is -2.27. The van der Waals surface area contributed by atoms with E-state index in [1.807, 2.05) is 0 Å². The highest BCUT2D eigenvalue weighted by Crippen LogP contribution is 2.17. The quantitative estimate of drug-likeness (QED) is 0.495. The van der Waals surface area contributed by atoms with E-state index in [2.05, 4.69) is 12.8 Å². The van der Waals surface area contributed by atoms with Crippen molar-refractivity contribution in [1.82, 2.24) is 0 Å². The van der Waals surface area contributed by atoms with Crippen molar-refractivity contribution in [2.75, 3.05) is 6.61 Å². The molecule has 2 heteroatoms. The molecule has 0 radical (unpaired) electrons. The zero-order valence-corrected chi connectivity index (χ0v) is 9.71. The van der Waals surface area contributed by atoms with Crippen LogP contribution in [0.5, 0.6) is 0 Å². The zero-order chi connectivity index (χ0) is 10.9. The third-order valence-electron chi connectivity index (χ3n) is 2.71. The summed E-state index contributed by atoms with van der Waals surface area (Å²) in [4.78, 5) is 0. The Labute approximate surface area is 93.3 Å². The molecule has 0 N–H and O–H groups in total. The first-order valence-corrected chi connectivity index (χ1v) is 6.10. The lowest BCUT2D eigenvalue weighted by atomic mass is 10.1. The first kappa shape index (κ1) is 12.5. The van der Waals surface area contributed by atoms with Crippen LogP contribution in [0.2, 0.25) is 0 Å². The van der Waals surface area contributed by atoms with E-state index in [4.69, 9.17) is 15.9 Å². The molecule has 2 atom stereocenters. The van der Waals surface area contributed by atoms with E-state index in [9.17, 15) is 0 Å². The Morgan fingerprint density at radius 3 is 2.93 bits per heavy atom. The average Bonchev–Trinajstić information content (AvgIpc) is 2.29. The van der Waals surface area contributed by atoms with Crippen molar-refractivity contribution in [2.45, 2.75) is 64.3 Å². The van der Waals surface area contributed by atoms with Crippen LogP contribution in [-0.2, 0) is 9.47 Å². The molecule has 0 bridgehead atoms. The van der Waals surface area contributed by atoms with Crippen molar-refractivity contribution in [3.05, 3.63) is 0 Å². The maximum absolute atomic E-state index is 5.73. The Balaban J connectivity index is 2.17. The van der Waals surface area contributed by atoms with Crippen molar-refractivity contribution in [1.29, 1.82) is 0 Å². The van der Waals surface area contributed by atoms with E-state index < -0.39 is 0 Å². The molecule has 0 aliphatic carbocycles. The van der Waals surface area contributed by atoms with Crippen LogP contribution in [0.1, 0.15) is 51.9 Å². The third kappa shape index (κ3) is 5.20. The lowest BCUT2D eigenvalue weighted by molar-refractivity contribution is -0.177. The summed E-state index contributed by atoms with van der Waals surface area (Å²) in [6, 6.07) is 0. The summed E-state index contributed by atoms with van der Waals surface area (Å²) in [5.74, 6) is 2.71. The van der Waals surface area contributed by atoms with Crippen LogP contribution in [0.15, 0.2) is 0 Å². The average molecular weight is 210 g/mol. The summed E-state index contributed by atoms with van der Waals surface area (Å²) in [5, 5.41) is 0. The number of unbranched alkanes of at least 4 members (excludes halogenated alkanes) is 2. The smallest absolute Gasteiger partial charge is 0.159 e. The summed E-state index contributed by atoms with van der Waals surface area (Å²) in [6.07, 6.45) is 13.2. The van der Waals surface area contributed by atoms with Crippen LogP contribution in [0, 0.1) is 12.3 Å². The molecule has 1 saturated heterocycles. The van der Waals surface area contributed by atoms with E-state index >= 15 is 0 Å². The van der Waals surface area contributed by atoms with Crippen molar-refractivity contribution < 1.29 is 9.47 Å². The maximum Gasteiger partial charge on any atom is 0.159 e. The summed E-state index contributed by atoms with van der Waals surface area (Å²) in [7, 11) is 0. The summed E-state index contributed by atoms with van der Waals surface area (Å²) < 4.78 is 11.2. The van der Waals surface area contributed by atoms with Gasteiger partial charge in [0, 0.05) is 6.61 Å². The molecule has 2 nitrogen and oxygen atoms in total. The van der Waals surface area contributed by atoms with E-state index in [-0.39, 0.29) is 12.4 Å². The maximum atomic E-state index is 5.73. The third-order valence-corrected chi connectivity index (χ3v) is 2.71. The van der Waals surface area contributed by atoms with Crippen LogP contribution in [0.25, 0.3) is 0 Å². The fourth-order valence-electron chi connectivity index (χ4n) is 1.77. The highest BCUT2D eigenvalue weighted by atomic mass is 16.7. The van der Waals surface area contributed by atoms with Crippen molar-refractivity contribution in [2.24, 2.45) is 0 Å². The van der Waals surface area contributed by atoms with E-state index in [1.165, 1.54) is 19.3 Å². The van der Waals surface area contributed by atoms with Gasteiger partial charge in [0.1, 0.15) is 6.10 Å². The Kier molecular flexibility index (Phi) is 6.47. The molecule has 0 spiro atoms. The van der Waals surface area contributed by atoms with Gasteiger partial charge in [-0.05, 0) is 32.1 Å². The molecule has 0 aromatic rings. The van der Waals surface area contributed by atoms with Gasteiger partial charge >= 0.3 is 0 Å². The van der Waals surface area contributed by atoms with Gasteiger partial charge < -0.3 is 9.47 Å². The van der Waals surface area contributed by atoms with Crippen LogP contribution < -0.4 is 0 Å². The molecule has 1 fully saturated rings. The lowest BCUT2D eigenvalue weighted by Gasteiger charge is -2.25. The summed E-state index contributed by atoms with van der Waals surface area (Å²) in [6.45, 7) is 3.01. The Morgan fingerprint density at radius 1 is 1.47 bits per heavy atom. The van der Waals surface area contributed by atoms with Gasteiger partial charge in [0.25, 0.3) is 0 Å². The van der Waals surface area contributed by atoms with E-state index in [0.717, 1.165) is 32.3 Å². The Hall–Kier alpha value is -0.520. The molecular weight excluding hydrogens is 188 g/mol. The van der Waals surface area contributed by atoms with Crippen molar-refractivity contribution in [3.8, 4) is 12.3 Å². The van der Waals surface area contributed by atoms with Gasteiger partial charge in [-0.25, -0.2) is 0 Å². The van der Waals surface area contributed by atoms with Gasteiger partial charge in [0.15, 0.2) is 6.29 Å². The number of hydrogen-bond acceptors (Lipinski definition) is 2. The van der Waals surface area contributed by atoms with Crippen LogP contribution >= 0.6 is 0 Å².